The number of β-amino-alcohol motifs (C(OH)–C–C–N with tert-alkyl or cyclic N) is 1. The Labute approximate surface area is 381 Å². The second kappa shape index (κ2) is 22.4. The van der Waals surface area contributed by atoms with Crippen LogP contribution in [0.15, 0.2) is 60.7 Å². The quantitative estimate of drug-likeness (QED) is 0.178. The molecule has 0 spiro atoms. The Morgan fingerprint density at radius 1 is 0.571 bits per heavy atom. The molecule has 3 aliphatic carbocycles. The van der Waals surface area contributed by atoms with Gasteiger partial charge in [0.2, 0.25) is 0 Å². The van der Waals surface area contributed by atoms with Crippen LogP contribution in [0.5, 0.6) is 0 Å². The predicted octanol–water partition coefficient (Wildman–Crippen LogP) is 6.80. The van der Waals surface area contributed by atoms with Gasteiger partial charge in [0.25, 0.3) is 8.32 Å². The molecule has 13 heteroatoms. The number of benzene rings is 2. The maximum atomic E-state index is 12.1. The Morgan fingerprint density at radius 2 is 0.921 bits per heavy atom. The van der Waals surface area contributed by atoms with Crippen LogP contribution in [0, 0.1) is 0 Å². The number of amides is 2. The molecule has 2 heterocycles. The highest BCUT2D eigenvalue weighted by molar-refractivity contribution is 6.99. The molecule has 3 saturated carbocycles. The smallest absolute Gasteiger partial charge is 0.407 e. The van der Waals surface area contributed by atoms with E-state index in [0.717, 1.165) is 90.4 Å². The molecule has 7 N–H and O–H groups in total. The lowest BCUT2D eigenvalue weighted by atomic mass is 9.88. The molecule has 2 aliphatic heterocycles. The number of ether oxygens (including phenoxy) is 2. The van der Waals surface area contributed by atoms with Gasteiger partial charge in [0, 0.05) is 62.4 Å². The van der Waals surface area contributed by atoms with Gasteiger partial charge < -0.3 is 41.1 Å². The van der Waals surface area contributed by atoms with E-state index >= 15 is 0 Å². The minimum absolute atomic E-state index is 0.00151. The van der Waals surface area contributed by atoms with Crippen molar-refractivity contribution in [3.8, 4) is 0 Å². The Bertz CT molecular complexity index is 1630. The minimum Gasteiger partial charge on any atom is -0.444 e. The van der Waals surface area contributed by atoms with Gasteiger partial charge in [-0.05, 0) is 134 Å². The average molecular weight is 893 g/mol. The molecular weight excluding hydrogens is 809 g/mol. The number of hydrogen-bond donors (Lipinski definition) is 5. The van der Waals surface area contributed by atoms with Crippen molar-refractivity contribution < 1.29 is 28.6 Å². The van der Waals surface area contributed by atoms with Gasteiger partial charge in [-0.1, -0.05) is 81.4 Å². The highest BCUT2D eigenvalue weighted by Gasteiger charge is 2.53. The molecule has 2 amide bonds. The number of aliphatic hydroxyl groups is 1. The molecule has 0 unspecified atom stereocenters. The molecule has 0 radical (unpaired) electrons. The van der Waals surface area contributed by atoms with Crippen LogP contribution < -0.4 is 32.5 Å². The molecule has 2 saturated heterocycles. The topological polar surface area (TPSA) is 165 Å². The third-order valence-corrected chi connectivity index (χ3v) is 18.3. The van der Waals surface area contributed by atoms with Gasteiger partial charge in [0.15, 0.2) is 0 Å². The molecule has 0 atom stereocenters. The second-order valence-electron chi connectivity index (χ2n) is 21.9. The third kappa shape index (κ3) is 15.5. The summed E-state index contributed by atoms with van der Waals surface area (Å²) in [5.74, 6) is 0. The monoisotopic (exact) mass is 893 g/mol. The number of nitrogens with two attached hydrogens (primary N) is 2. The van der Waals surface area contributed by atoms with E-state index in [0.29, 0.717) is 24.2 Å². The molecule has 63 heavy (non-hydrogen) atoms. The predicted molar refractivity (Wildman–Crippen MR) is 257 cm³/mol. The largest absolute Gasteiger partial charge is 0.444 e. The zero-order valence-corrected chi connectivity index (χ0v) is 41.2. The molecule has 5 fully saturated rings. The number of nitrogens with zero attached hydrogens (tertiary/aromatic N) is 2. The molecule has 0 bridgehead atoms. The maximum absolute atomic E-state index is 12.1. The van der Waals surface area contributed by atoms with Gasteiger partial charge in [0.1, 0.15) is 11.2 Å². The number of likely N-dealkylation sites (tertiary alicyclic amines) is 2. The summed E-state index contributed by atoms with van der Waals surface area (Å²) in [5, 5.41) is 17.8. The van der Waals surface area contributed by atoms with E-state index in [2.05, 4.69) is 102 Å². The van der Waals surface area contributed by atoms with E-state index < -0.39 is 19.5 Å². The molecule has 2 aromatic rings. The van der Waals surface area contributed by atoms with Crippen LogP contribution in [0.2, 0.25) is 5.04 Å². The Hall–Kier alpha value is -3.04. The number of nitrogens with one attached hydrogen (secondary N) is 2. The summed E-state index contributed by atoms with van der Waals surface area (Å²) in [7, 11) is -2.50. The van der Waals surface area contributed by atoms with Crippen LogP contribution in [0.25, 0.3) is 0 Å². The van der Waals surface area contributed by atoms with Crippen LogP contribution in [-0.4, -0.2) is 121 Å². The van der Waals surface area contributed by atoms with E-state index in [4.69, 9.17) is 30.5 Å². The van der Waals surface area contributed by atoms with Crippen molar-refractivity contribution in [2.75, 3.05) is 26.2 Å². The number of carbonyl (C=O) groups is 2. The first-order valence-electron chi connectivity index (χ1n) is 24.1. The summed E-state index contributed by atoms with van der Waals surface area (Å²) >= 11 is 0. The summed E-state index contributed by atoms with van der Waals surface area (Å²) in [5.41, 5.74) is 10.7. The van der Waals surface area contributed by atoms with Gasteiger partial charge in [-0.2, -0.15) is 0 Å². The van der Waals surface area contributed by atoms with E-state index in [-0.39, 0.29) is 41.5 Å². The van der Waals surface area contributed by atoms with Crippen LogP contribution in [-0.2, 0) is 13.9 Å². The SMILES string of the molecule is CC(C)(C)OC(=O)NC1CCC(N)CC1.CC(C)(C)OC(=O)NC1CCC(N2CC(O[Si](c3ccccc3)(c3ccccc3)C(C)(C)C)C2)CC1.NC1CCC(N2CC(O)C2)CC1. The standard InChI is InChI=1S/C30H44N2O3Si.C11H22N2O2.C9H18N2O/c1-29(2,3)34-28(33)31-23-17-19-24(20-18-23)32-21-25(22-32)35-36(30(4,5)6,26-13-9-7-10-14-26)27-15-11-8-12-16-27;1-11(2,3)15-10(14)13-9-6-4-8(12)5-7-9;10-7-1-3-8(4-2-7)11-5-9(12)6-11/h7-16,23-25H,17-22H2,1-6H3,(H,31,33);8-9H,4-7,12H2,1-3H3,(H,13,14);7-9,12H,1-6,10H2. The lowest BCUT2D eigenvalue weighted by Crippen LogP contribution is -2.71. The summed E-state index contributed by atoms with van der Waals surface area (Å²) in [6.07, 6.45) is 12.5. The Balaban J connectivity index is 0.000000225. The zero-order valence-electron chi connectivity index (χ0n) is 40.2. The van der Waals surface area contributed by atoms with Crippen LogP contribution >= 0.6 is 0 Å². The van der Waals surface area contributed by atoms with Crippen molar-refractivity contribution in [2.24, 2.45) is 11.5 Å². The van der Waals surface area contributed by atoms with Gasteiger partial charge >= 0.3 is 12.2 Å². The van der Waals surface area contributed by atoms with Crippen LogP contribution in [0.4, 0.5) is 9.59 Å². The molecule has 5 aliphatic rings. The Kier molecular flexibility index (Phi) is 18.1. The van der Waals surface area contributed by atoms with Gasteiger partial charge in [0.05, 0.1) is 12.2 Å². The van der Waals surface area contributed by atoms with E-state index in [9.17, 15) is 9.59 Å². The lowest BCUT2D eigenvalue weighted by molar-refractivity contribution is -0.0341. The molecule has 12 nitrogen and oxygen atoms in total. The summed E-state index contributed by atoms with van der Waals surface area (Å²) in [6.45, 7) is 22.1. The van der Waals surface area contributed by atoms with E-state index in [1.54, 1.807) is 0 Å². The number of carbonyl (C=O) groups excluding carboxylic acids is 2. The molecular formula is C50H84N6O6Si. The van der Waals surface area contributed by atoms with Crippen molar-refractivity contribution >= 4 is 30.9 Å². The molecule has 7 rings (SSSR count). The second-order valence-corrected chi connectivity index (χ2v) is 26.2. The number of alkyl carbamates (subject to hydrolysis) is 2. The van der Waals surface area contributed by atoms with E-state index in [1.165, 1.54) is 23.2 Å². The zero-order chi connectivity index (χ0) is 46.0. The highest BCUT2D eigenvalue weighted by Crippen LogP contribution is 2.39. The first-order chi connectivity index (χ1) is 29.6. The van der Waals surface area contributed by atoms with Crippen LogP contribution in [0.3, 0.4) is 0 Å². The van der Waals surface area contributed by atoms with Gasteiger partial charge in [-0.25, -0.2) is 9.59 Å². The summed E-state index contributed by atoms with van der Waals surface area (Å²) < 4.78 is 17.9. The highest BCUT2D eigenvalue weighted by atomic mass is 28.4. The summed E-state index contributed by atoms with van der Waals surface area (Å²) in [6, 6.07) is 24.3. The van der Waals surface area contributed by atoms with Crippen LogP contribution in [0.1, 0.15) is 139 Å². The molecule has 0 aromatic heterocycles. The first-order valence-corrected chi connectivity index (χ1v) is 26.0. The average Bonchev–Trinajstić information content (AvgIpc) is 3.17. The fourth-order valence-electron chi connectivity index (χ4n) is 9.83. The van der Waals surface area contributed by atoms with Crippen molar-refractivity contribution in [2.45, 2.75) is 204 Å². The lowest BCUT2D eigenvalue weighted by Gasteiger charge is -2.52. The maximum Gasteiger partial charge on any atom is 0.407 e. The number of rotatable bonds is 8. The first kappa shape index (κ1) is 50.9. The van der Waals surface area contributed by atoms with E-state index in [1.807, 2.05) is 41.5 Å². The number of hydrogen-bond acceptors (Lipinski definition) is 10. The van der Waals surface area contributed by atoms with Crippen molar-refractivity contribution in [3.63, 3.8) is 0 Å². The minimum atomic E-state index is -2.50. The number of aliphatic hydroxyl groups excluding tert-OH is 1. The van der Waals surface area contributed by atoms with Crippen molar-refractivity contribution in [1.29, 1.82) is 0 Å². The third-order valence-electron chi connectivity index (χ3n) is 13.2. The van der Waals surface area contributed by atoms with Crippen molar-refractivity contribution in [1.82, 2.24) is 20.4 Å². The van der Waals surface area contributed by atoms with Crippen molar-refractivity contribution in [3.05, 3.63) is 60.7 Å². The fraction of sp³-hybridized carbons (Fsp3) is 0.720. The fourth-order valence-corrected chi connectivity index (χ4v) is 14.5. The van der Waals surface area contributed by atoms with Gasteiger partial charge in [-0.15, -0.1) is 0 Å². The summed E-state index contributed by atoms with van der Waals surface area (Å²) in [4.78, 5) is 28.6. The Morgan fingerprint density at radius 3 is 1.29 bits per heavy atom. The van der Waals surface area contributed by atoms with Gasteiger partial charge in [-0.3, -0.25) is 9.80 Å². The molecule has 354 valence electrons. The molecule has 2 aromatic carbocycles. The normalized spacial score (nSPS) is 26.6.